The molecule has 1 aliphatic carbocycles. The molecule has 1 saturated carbocycles. The standard InChI is InChI=1S/C10H12ClN3O2S/c11-10-14-13-9(17-10)8(15)12-6-3-4-16-7(6)5-1-2-5/h5-7H,1-4H2,(H,12,15). The Balaban J connectivity index is 1.64. The van der Waals surface area contributed by atoms with E-state index in [1.807, 2.05) is 0 Å². The van der Waals surface area contributed by atoms with Crippen LogP contribution in [-0.4, -0.2) is 34.9 Å². The number of nitrogens with zero attached hydrogens (tertiary/aromatic N) is 2. The van der Waals surface area contributed by atoms with Crippen LogP contribution in [0.3, 0.4) is 0 Å². The van der Waals surface area contributed by atoms with E-state index in [1.54, 1.807) is 0 Å². The van der Waals surface area contributed by atoms with Crippen LogP contribution in [0.1, 0.15) is 29.1 Å². The Morgan fingerprint density at radius 3 is 2.88 bits per heavy atom. The van der Waals surface area contributed by atoms with Crippen molar-refractivity contribution < 1.29 is 9.53 Å². The fourth-order valence-electron chi connectivity index (χ4n) is 2.18. The molecular formula is C10H12ClN3O2S. The third-order valence-electron chi connectivity index (χ3n) is 3.13. The summed E-state index contributed by atoms with van der Waals surface area (Å²) in [5.41, 5.74) is 0. The molecule has 2 aliphatic rings. The van der Waals surface area contributed by atoms with Gasteiger partial charge in [0.05, 0.1) is 12.1 Å². The van der Waals surface area contributed by atoms with Crippen molar-refractivity contribution in [1.29, 1.82) is 0 Å². The van der Waals surface area contributed by atoms with Gasteiger partial charge in [0.1, 0.15) is 0 Å². The van der Waals surface area contributed by atoms with Gasteiger partial charge in [-0.25, -0.2) is 0 Å². The lowest BCUT2D eigenvalue weighted by Crippen LogP contribution is -2.41. The third kappa shape index (κ3) is 2.43. The molecule has 92 valence electrons. The first-order chi connectivity index (χ1) is 8.24. The molecule has 2 fully saturated rings. The van der Waals surface area contributed by atoms with Crippen LogP contribution in [0.2, 0.25) is 4.47 Å². The molecule has 5 nitrogen and oxygen atoms in total. The fraction of sp³-hybridized carbons (Fsp3) is 0.700. The highest BCUT2D eigenvalue weighted by atomic mass is 35.5. The maximum absolute atomic E-state index is 11.9. The number of hydrogen-bond acceptors (Lipinski definition) is 5. The average Bonchev–Trinajstić information content (AvgIpc) is 2.89. The van der Waals surface area contributed by atoms with Crippen molar-refractivity contribution >= 4 is 28.8 Å². The van der Waals surface area contributed by atoms with Gasteiger partial charge in [-0.15, -0.1) is 10.2 Å². The summed E-state index contributed by atoms with van der Waals surface area (Å²) in [5, 5.41) is 10.6. The predicted octanol–water partition coefficient (Wildman–Crippen LogP) is 1.49. The van der Waals surface area contributed by atoms with Crippen molar-refractivity contribution in [2.45, 2.75) is 31.4 Å². The number of nitrogens with one attached hydrogen (secondary N) is 1. The second-order valence-corrected chi connectivity index (χ2v) is 5.96. The summed E-state index contributed by atoms with van der Waals surface area (Å²) in [6.07, 6.45) is 3.48. The van der Waals surface area contributed by atoms with E-state index < -0.39 is 0 Å². The number of amides is 1. The molecule has 1 aliphatic heterocycles. The Kier molecular flexibility index (Phi) is 3.02. The molecule has 3 rings (SSSR count). The minimum Gasteiger partial charge on any atom is -0.376 e. The summed E-state index contributed by atoms with van der Waals surface area (Å²) in [5.74, 6) is 0.427. The van der Waals surface area contributed by atoms with Gasteiger partial charge in [-0.05, 0) is 36.8 Å². The van der Waals surface area contributed by atoms with Gasteiger partial charge in [0.2, 0.25) is 9.47 Å². The summed E-state index contributed by atoms with van der Waals surface area (Å²) >= 11 is 6.75. The maximum Gasteiger partial charge on any atom is 0.282 e. The van der Waals surface area contributed by atoms with Gasteiger partial charge in [-0.2, -0.15) is 0 Å². The number of halogens is 1. The second-order valence-electron chi connectivity index (χ2n) is 4.40. The summed E-state index contributed by atoms with van der Waals surface area (Å²) in [4.78, 5) is 11.9. The van der Waals surface area contributed by atoms with E-state index in [1.165, 1.54) is 12.8 Å². The van der Waals surface area contributed by atoms with Crippen LogP contribution in [-0.2, 0) is 4.74 Å². The Morgan fingerprint density at radius 1 is 1.41 bits per heavy atom. The van der Waals surface area contributed by atoms with Crippen molar-refractivity contribution in [1.82, 2.24) is 15.5 Å². The van der Waals surface area contributed by atoms with Crippen LogP contribution in [0.15, 0.2) is 0 Å². The normalized spacial score (nSPS) is 28.3. The smallest absolute Gasteiger partial charge is 0.282 e. The monoisotopic (exact) mass is 273 g/mol. The van der Waals surface area contributed by atoms with Gasteiger partial charge in [-0.3, -0.25) is 4.79 Å². The maximum atomic E-state index is 11.9. The highest BCUT2D eigenvalue weighted by molar-refractivity contribution is 7.17. The molecule has 1 aromatic rings. The summed E-state index contributed by atoms with van der Waals surface area (Å²) in [7, 11) is 0. The van der Waals surface area contributed by atoms with Gasteiger partial charge in [0, 0.05) is 6.61 Å². The van der Waals surface area contributed by atoms with Crippen molar-refractivity contribution in [3.8, 4) is 0 Å². The van der Waals surface area contributed by atoms with Gasteiger partial charge < -0.3 is 10.1 Å². The van der Waals surface area contributed by atoms with Crippen LogP contribution < -0.4 is 5.32 Å². The first-order valence-electron chi connectivity index (χ1n) is 5.65. The Bertz CT molecular complexity index is 435. The first kappa shape index (κ1) is 11.4. The quantitative estimate of drug-likeness (QED) is 0.906. The van der Waals surface area contributed by atoms with Crippen molar-refractivity contribution in [3.63, 3.8) is 0 Å². The van der Waals surface area contributed by atoms with Crippen LogP contribution in [0.5, 0.6) is 0 Å². The Hall–Kier alpha value is -0.720. The van der Waals surface area contributed by atoms with Crippen LogP contribution in [0, 0.1) is 5.92 Å². The SMILES string of the molecule is O=C(NC1CCOC1C1CC1)c1nnc(Cl)s1. The summed E-state index contributed by atoms with van der Waals surface area (Å²) in [6.45, 7) is 0.725. The van der Waals surface area contributed by atoms with Gasteiger partial charge in [0.25, 0.3) is 5.91 Å². The van der Waals surface area contributed by atoms with E-state index in [-0.39, 0.29) is 22.5 Å². The van der Waals surface area contributed by atoms with Crippen molar-refractivity contribution in [2.75, 3.05) is 6.61 Å². The predicted molar refractivity (Wildman–Crippen MR) is 63.3 cm³/mol. The molecule has 7 heteroatoms. The molecule has 0 spiro atoms. The number of ether oxygens (including phenoxy) is 1. The highest BCUT2D eigenvalue weighted by Crippen LogP contribution is 2.38. The van der Waals surface area contributed by atoms with E-state index in [0.29, 0.717) is 10.9 Å². The molecule has 2 atom stereocenters. The molecule has 0 aromatic carbocycles. The van der Waals surface area contributed by atoms with Gasteiger partial charge in [0.15, 0.2) is 0 Å². The molecule has 1 N–H and O–H groups in total. The van der Waals surface area contributed by atoms with Crippen LogP contribution in [0.4, 0.5) is 0 Å². The lowest BCUT2D eigenvalue weighted by Gasteiger charge is -2.18. The van der Waals surface area contributed by atoms with E-state index in [4.69, 9.17) is 16.3 Å². The average molecular weight is 274 g/mol. The van der Waals surface area contributed by atoms with E-state index in [2.05, 4.69) is 15.5 Å². The topological polar surface area (TPSA) is 64.1 Å². The molecule has 0 bridgehead atoms. The van der Waals surface area contributed by atoms with Crippen molar-refractivity contribution in [2.24, 2.45) is 5.92 Å². The van der Waals surface area contributed by atoms with Crippen LogP contribution >= 0.6 is 22.9 Å². The zero-order chi connectivity index (χ0) is 11.8. The van der Waals surface area contributed by atoms with E-state index in [0.717, 1.165) is 24.4 Å². The number of rotatable bonds is 3. The van der Waals surface area contributed by atoms with Crippen molar-refractivity contribution in [3.05, 3.63) is 9.47 Å². The molecular weight excluding hydrogens is 262 g/mol. The molecule has 0 radical (unpaired) electrons. The van der Waals surface area contributed by atoms with Gasteiger partial charge >= 0.3 is 0 Å². The Labute approximate surface area is 108 Å². The second kappa shape index (κ2) is 4.51. The molecule has 1 amide bonds. The summed E-state index contributed by atoms with van der Waals surface area (Å²) in [6, 6.07) is 0.109. The molecule has 2 unspecified atom stereocenters. The minimum absolute atomic E-state index is 0.109. The largest absolute Gasteiger partial charge is 0.376 e. The van der Waals surface area contributed by atoms with E-state index >= 15 is 0 Å². The zero-order valence-corrected chi connectivity index (χ0v) is 10.6. The lowest BCUT2D eigenvalue weighted by molar-refractivity contribution is 0.0729. The first-order valence-corrected chi connectivity index (χ1v) is 6.85. The fourth-order valence-corrected chi connectivity index (χ4v) is 2.91. The Morgan fingerprint density at radius 2 is 2.24 bits per heavy atom. The number of hydrogen-bond donors (Lipinski definition) is 1. The number of carbonyl (C=O) groups excluding carboxylic acids is 1. The number of carbonyl (C=O) groups is 1. The zero-order valence-electron chi connectivity index (χ0n) is 9.06. The van der Waals surface area contributed by atoms with Crippen LogP contribution in [0.25, 0.3) is 0 Å². The van der Waals surface area contributed by atoms with Gasteiger partial charge in [-0.1, -0.05) is 11.3 Å². The molecule has 2 heterocycles. The highest BCUT2D eigenvalue weighted by Gasteiger charge is 2.41. The summed E-state index contributed by atoms with van der Waals surface area (Å²) < 4.78 is 5.95. The lowest BCUT2D eigenvalue weighted by atomic mass is 10.1. The minimum atomic E-state index is -0.199. The molecule has 1 aromatic heterocycles. The number of aromatic nitrogens is 2. The molecule has 17 heavy (non-hydrogen) atoms. The molecule has 1 saturated heterocycles. The van der Waals surface area contributed by atoms with E-state index in [9.17, 15) is 4.79 Å². The third-order valence-corrected chi connectivity index (χ3v) is 4.15.